The number of nitriles is 1. The molecule has 1 aromatic carbocycles. The van der Waals surface area contributed by atoms with Crippen LogP contribution >= 0.6 is 12.2 Å². The molecule has 0 radical (unpaired) electrons. The summed E-state index contributed by atoms with van der Waals surface area (Å²) in [4.78, 5) is 41.1. The predicted octanol–water partition coefficient (Wildman–Crippen LogP) is 1.10. The van der Waals surface area contributed by atoms with E-state index in [1.165, 1.54) is 0 Å². The van der Waals surface area contributed by atoms with E-state index >= 15 is 0 Å². The number of hydrogen-bond donors (Lipinski definition) is 3. The third kappa shape index (κ3) is 2.94. The number of aryl methyl sites for hydroxylation is 1. The Morgan fingerprint density at radius 1 is 1.37 bits per heavy atom. The zero-order chi connectivity index (χ0) is 19.8. The standard InChI is InChI=1S/C18H16N4O4S/c1-9-14(10-5-3-4-6-12(10)20-9)13(23)7-18(16(25)26-2)11(8-19)15(24)21-17(27)22-18/h3-6,11,20H,7H2,1-2H3,(H2,21,22,24,27)/t11-,18-/m1/s1. The molecule has 1 aliphatic rings. The summed E-state index contributed by atoms with van der Waals surface area (Å²) in [5, 5.41) is 15.0. The van der Waals surface area contributed by atoms with Gasteiger partial charge in [0.25, 0.3) is 0 Å². The van der Waals surface area contributed by atoms with E-state index in [0.717, 1.165) is 12.6 Å². The maximum atomic E-state index is 13.2. The minimum Gasteiger partial charge on any atom is -0.467 e. The lowest BCUT2D eigenvalue weighted by Crippen LogP contribution is -2.70. The van der Waals surface area contributed by atoms with Crippen molar-refractivity contribution in [2.24, 2.45) is 5.92 Å². The highest BCUT2D eigenvalue weighted by Gasteiger charge is 2.55. The Labute approximate surface area is 159 Å². The highest BCUT2D eigenvalue weighted by Crippen LogP contribution is 2.31. The Bertz CT molecular complexity index is 1020. The van der Waals surface area contributed by atoms with Gasteiger partial charge in [-0.05, 0) is 25.2 Å². The fraction of sp³-hybridized carbons (Fsp3) is 0.278. The molecule has 2 aromatic rings. The summed E-state index contributed by atoms with van der Waals surface area (Å²) in [6.07, 6.45) is -0.464. The monoisotopic (exact) mass is 384 g/mol. The molecule has 1 aromatic heterocycles. The number of amides is 1. The van der Waals surface area contributed by atoms with Crippen LogP contribution in [0.15, 0.2) is 24.3 Å². The normalized spacial score (nSPS) is 21.9. The van der Waals surface area contributed by atoms with Gasteiger partial charge in [0.15, 0.2) is 22.4 Å². The highest BCUT2D eigenvalue weighted by molar-refractivity contribution is 7.80. The van der Waals surface area contributed by atoms with Gasteiger partial charge in [-0.1, -0.05) is 18.2 Å². The summed E-state index contributed by atoms with van der Waals surface area (Å²) in [7, 11) is 1.12. The lowest BCUT2D eigenvalue weighted by molar-refractivity contribution is -0.152. The Kier molecular flexibility index (Phi) is 4.68. The van der Waals surface area contributed by atoms with E-state index in [1.54, 1.807) is 25.1 Å². The second-order valence-corrected chi connectivity index (χ2v) is 6.65. The molecule has 0 aliphatic carbocycles. The molecule has 1 amide bonds. The van der Waals surface area contributed by atoms with Crippen molar-refractivity contribution in [2.75, 3.05) is 7.11 Å². The molecule has 3 N–H and O–H groups in total. The number of nitrogens with one attached hydrogen (secondary N) is 3. The van der Waals surface area contributed by atoms with E-state index < -0.39 is 35.5 Å². The van der Waals surface area contributed by atoms with Gasteiger partial charge < -0.3 is 20.4 Å². The molecule has 0 unspecified atom stereocenters. The van der Waals surface area contributed by atoms with E-state index in [9.17, 15) is 19.6 Å². The van der Waals surface area contributed by atoms with Crippen molar-refractivity contribution in [1.82, 2.24) is 15.6 Å². The van der Waals surface area contributed by atoms with Gasteiger partial charge in [0.05, 0.1) is 13.2 Å². The number of carbonyl (C=O) groups excluding carboxylic acids is 3. The number of esters is 1. The van der Waals surface area contributed by atoms with Crippen molar-refractivity contribution in [1.29, 1.82) is 5.26 Å². The number of Topliss-reactive ketones (excluding diaryl/α,β-unsaturated/α-hetero) is 1. The van der Waals surface area contributed by atoms with Gasteiger partial charge in [-0.15, -0.1) is 0 Å². The molecule has 3 rings (SSSR count). The van der Waals surface area contributed by atoms with Crippen molar-refractivity contribution < 1.29 is 19.1 Å². The number of ketones is 1. The summed E-state index contributed by atoms with van der Waals surface area (Å²) in [6.45, 7) is 1.74. The molecule has 9 heteroatoms. The summed E-state index contributed by atoms with van der Waals surface area (Å²) in [6, 6.07) is 9.02. The van der Waals surface area contributed by atoms with Crippen LogP contribution in [-0.4, -0.2) is 40.4 Å². The third-order valence-corrected chi connectivity index (χ3v) is 4.82. The summed E-state index contributed by atoms with van der Waals surface area (Å²) < 4.78 is 4.81. The average Bonchev–Trinajstić information content (AvgIpc) is 2.96. The summed E-state index contributed by atoms with van der Waals surface area (Å²) >= 11 is 4.98. The highest BCUT2D eigenvalue weighted by atomic mass is 32.1. The maximum absolute atomic E-state index is 13.2. The third-order valence-electron chi connectivity index (χ3n) is 4.62. The number of methoxy groups -OCH3 is 1. The number of H-pyrrole nitrogens is 1. The Hall–Kier alpha value is -3.25. The molecule has 27 heavy (non-hydrogen) atoms. The van der Waals surface area contributed by atoms with Crippen LogP contribution in [0.2, 0.25) is 0 Å². The molecule has 1 aliphatic heterocycles. The van der Waals surface area contributed by atoms with Crippen LogP contribution in [0.1, 0.15) is 22.5 Å². The second-order valence-electron chi connectivity index (χ2n) is 6.24. The minimum absolute atomic E-state index is 0.139. The van der Waals surface area contributed by atoms with Crippen molar-refractivity contribution in [3.8, 4) is 6.07 Å². The van der Waals surface area contributed by atoms with Crippen molar-refractivity contribution in [3.63, 3.8) is 0 Å². The zero-order valence-electron chi connectivity index (χ0n) is 14.6. The van der Waals surface area contributed by atoms with Crippen LogP contribution in [0.25, 0.3) is 10.9 Å². The summed E-state index contributed by atoms with van der Waals surface area (Å²) in [5.41, 5.74) is -0.112. The lowest BCUT2D eigenvalue weighted by Gasteiger charge is -2.38. The Morgan fingerprint density at radius 3 is 2.74 bits per heavy atom. The average molecular weight is 384 g/mol. The number of fused-ring (bicyclic) bond motifs is 1. The second kappa shape index (κ2) is 6.81. The number of rotatable bonds is 4. The quantitative estimate of drug-likeness (QED) is 0.410. The molecule has 2 atom stereocenters. The number of para-hydroxylation sites is 1. The van der Waals surface area contributed by atoms with Crippen LogP contribution in [0.3, 0.4) is 0 Å². The number of benzene rings is 1. The predicted molar refractivity (Wildman–Crippen MR) is 99.7 cm³/mol. The van der Waals surface area contributed by atoms with E-state index in [0.29, 0.717) is 16.6 Å². The molecular formula is C18H16N4O4S. The SMILES string of the molecule is COC(=O)[C@]1(CC(=O)c2c(C)[nH]c3ccccc23)NC(=S)NC(=O)[C@H]1C#N. The number of thiocarbonyl (C=S) groups is 1. The molecule has 138 valence electrons. The fourth-order valence-corrected chi connectivity index (χ4v) is 3.71. The van der Waals surface area contributed by atoms with Crippen LogP contribution < -0.4 is 10.6 Å². The zero-order valence-corrected chi connectivity index (χ0v) is 15.4. The number of nitrogens with zero attached hydrogens (tertiary/aromatic N) is 1. The van der Waals surface area contributed by atoms with Gasteiger partial charge in [0, 0.05) is 28.6 Å². The van der Waals surface area contributed by atoms with E-state index in [4.69, 9.17) is 17.0 Å². The number of hydrogen-bond acceptors (Lipinski definition) is 6. The topological polar surface area (TPSA) is 124 Å². The molecular weight excluding hydrogens is 368 g/mol. The maximum Gasteiger partial charge on any atom is 0.334 e. The number of aromatic amines is 1. The molecule has 0 bridgehead atoms. The molecule has 0 spiro atoms. The van der Waals surface area contributed by atoms with Gasteiger partial charge in [-0.25, -0.2) is 4.79 Å². The Morgan fingerprint density at radius 2 is 2.07 bits per heavy atom. The largest absolute Gasteiger partial charge is 0.467 e. The number of ether oxygens (including phenoxy) is 1. The van der Waals surface area contributed by atoms with Crippen molar-refractivity contribution >= 4 is 45.9 Å². The molecule has 1 fully saturated rings. The van der Waals surface area contributed by atoms with Gasteiger partial charge >= 0.3 is 5.97 Å². The minimum atomic E-state index is -1.90. The first-order valence-electron chi connectivity index (χ1n) is 8.05. The first-order valence-corrected chi connectivity index (χ1v) is 8.46. The van der Waals surface area contributed by atoms with E-state index in [-0.39, 0.29) is 5.11 Å². The van der Waals surface area contributed by atoms with Crippen molar-refractivity contribution in [2.45, 2.75) is 18.9 Å². The number of aromatic nitrogens is 1. The first-order chi connectivity index (χ1) is 12.8. The lowest BCUT2D eigenvalue weighted by atomic mass is 9.77. The van der Waals surface area contributed by atoms with Crippen molar-refractivity contribution in [3.05, 3.63) is 35.5 Å². The molecule has 1 saturated heterocycles. The Balaban J connectivity index is 2.10. The molecule has 0 saturated carbocycles. The fourth-order valence-electron chi connectivity index (χ4n) is 3.43. The summed E-state index contributed by atoms with van der Waals surface area (Å²) in [5.74, 6) is -3.56. The van der Waals surface area contributed by atoms with Crippen LogP contribution in [-0.2, 0) is 14.3 Å². The number of carbonyl (C=O) groups is 3. The van der Waals surface area contributed by atoms with Gasteiger partial charge in [-0.2, -0.15) is 5.26 Å². The van der Waals surface area contributed by atoms with E-state index in [2.05, 4.69) is 15.6 Å². The first kappa shape index (κ1) is 18.5. The van der Waals surface area contributed by atoms with Crippen LogP contribution in [0, 0.1) is 24.2 Å². The van der Waals surface area contributed by atoms with Gasteiger partial charge in [0.1, 0.15) is 0 Å². The van der Waals surface area contributed by atoms with Gasteiger partial charge in [0.2, 0.25) is 5.91 Å². The molecule has 8 nitrogen and oxygen atoms in total. The smallest absolute Gasteiger partial charge is 0.334 e. The van der Waals surface area contributed by atoms with Gasteiger partial charge in [-0.3, -0.25) is 9.59 Å². The van der Waals surface area contributed by atoms with Crippen LogP contribution in [0.4, 0.5) is 0 Å². The molecule has 2 heterocycles. The van der Waals surface area contributed by atoms with E-state index in [1.807, 2.05) is 12.1 Å². The van der Waals surface area contributed by atoms with Crippen LogP contribution in [0.5, 0.6) is 0 Å².